The first-order valence-corrected chi connectivity index (χ1v) is 8.65. The number of thioether (sulfide) groups is 1. The van der Waals surface area contributed by atoms with Gasteiger partial charge in [-0.2, -0.15) is 5.26 Å². The van der Waals surface area contributed by atoms with Crippen LogP contribution in [0.4, 0.5) is 0 Å². The van der Waals surface area contributed by atoms with E-state index in [1.165, 1.54) is 41.7 Å². The topological polar surface area (TPSA) is 23.8 Å². The molecule has 3 atom stereocenters. The molecule has 108 valence electrons. The van der Waals surface area contributed by atoms with Gasteiger partial charge in [-0.25, -0.2) is 0 Å². The molecule has 2 heteroatoms. The highest BCUT2D eigenvalue weighted by molar-refractivity contribution is 8.00. The molecule has 1 aliphatic rings. The second-order valence-corrected chi connectivity index (χ2v) is 7.42. The van der Waals surface area contributed by atoms with Crippen LogP contribution in [0.1, 0.15) is 50.2 Å². The fourth-order valence-corrected chi connectivity index (χ4v) is 4.59. The summed E-state index contributed by atoms with van der Waals surface area (Å²) in [6, 6.07) is 9.23. The van der Waals surface area contributed by atoms with Crippen LogP contribution in [0.2, 0.25) is 0 Å². The number of benzene rings is 1. The average Bonchev–Trinajstić information content (AvgIpc) is 2.44. The van der Waals surface area contributed by atoms with Gasteiger partial charge < -0.3 is 0 Å². The Kier molecular flexibility index (Phi) is 5.54. The van der Waals surface area contributed by atoms with Gasteiger partial charge in [0.25, 0.3) is 0 Å². The second kappa shape index (κ2) is 7.18. The minimum absolute atomic E-state index is 0.231. The van der Waals surface area contributed by atoms with E-state index >= 15 is 0 Å². The van der Waals surface area contributed by atoms with Crippen molar-refractivity contribution in [3.63, 3.8) is 0 Å². The van der Waals surface area contributed by atoms with Crippen molar-refractivity contribution in [2.24, 2.45) is 11.8 Å². The largest absolute Gasteiger partial charge is 0.198 e. The lowest BCUT2D eigenvalue weighted by atomic mass is 9.80. The molecule has 1 fully saturated rings. The van der Waals surface area contributed by atoms with E-state index in [9.17, 15) is 5.26 Å². The van der Waals surface area contributed by atoms with Gasteiger partial charge in [-0.05, 0) is 62.3 Å². The van der Waals surface area contributed by atoms with Crippen LogP contribution in [0, 0.1) is 37.0 Å². The summed E-state index contributed by atoms with van der Waals surface area (Å²) in [5.74, 6) is 1.06. The number of rotatable bonds is 4. The molecule has 0 radical (unpaired) electrons. The summed E-state index contributed by atoms with van der Waals surface area (Å²) >= 11 is 1.93. The van der Waals surface area contributed by atoms with Gasteiger partial charge in [0.15, 0.2) is 0 Å². The van der Waals surface area contributed by atoms with Gasteiger partial charge in [-0.3, -0.25) is 0 Å². The zero-order valence-corrected chi connectivity index (χ0v) is 13.7. The van der Waals surface area contributed by atoms with Crippen molar-refractivity contribution in [2.45, 2.75) is 63.0 Å². The van der Waals surface area contributed by atoms with Crippen molar-refractivity contribution in [3.8, 4) is 6.07 Å². The van der Waals surface area contributed by atoms with Crippen molar-refractivity contribution in [3.05, 3.63) is 29.3 Å². The average molecular weight is 287 g/mol. The fourth-order valence-electron chi connectivity index (χ4n) is 3.12. The summed E-state index contributed by atoms with van der Waals surface area (Å²) in [6.07, 6.45) is 6.13. The number of hydrogen-bond donors (Lipinski definition) is 0. The third-order valence-electron chi connectivity index (χ3n) is 4.53. The first-order valence-electron chi connectivity index (χ1n) is 7.77. The molecule has 0 aliphatic heterocycles. The number of nitriles is 1. The van der Waals surface area contributed by atoms with E-state index in [2.05, 4.69) is 45.0 Å². The Hall–Kier alpha value is -0.940. The van der Waals surface area contributed by atoms with Gasteiger partial charge >= 0.3 is 0 Å². The van der Waals surface area contributed by atoms with Gasteiger partial charge in [0.2, 0.25) is 0 Å². The maximum Gasteiger partial charge on any atom is 0.0667 e. The molecule has 0 aromatic heterocycles. The summed E-state index contributed by atoms with van der Waals surface area (Å²) in [5.41, 5.74) is 2.70. The minimum Gasteiger partial charge on any atom is -0.198 e. The van der Waals surface area contributed by atoms with Gasteiger partial charge in [-0.15, -0.1) is 11.8 Å². The zero-order chi connectivity index (χ0) is 14.5. The molecule has 0 bridgehead atoms. The van der Waals surface area contributed by atoms with Crippen LogP contribution in [0.5, 0.6) is 0 Å². The maximum atomic E-state index is 9.39. The van der Waals surface area contributed by atoms with Crippen molar-refractivity contribution < 1.29 is 0 Å². The van der Waals surface area contributed by atoms with Crippen LogP contribution in [0.15, 0.2) is 23.1 Å². The van der Waals surface area contributed by atoms with Crippen molar-refractivity contribution in [2.75, 3.05) is 0 Å². The molecule has 1 aliphatic carbocycles. The highest BCUT2D eigenvalue weighted by Gasteiger charge is 2.30. The highest BCUT2D eigenvalue weighted by Crippen LogP contribution is 2.41. The van der Waals surface area contributed by atoms with E-state index in [0.717, 1.165) is 12.3 Å². The first-order chi connectivity index (χ1) is 9.63. The van der Waals surface area contributed by atoms with Crippen molar-refractivity contribution >= 4 is 11.8 Å². The molecule has 0 saturated heterocycles. The van der Waals surface area contributed by atoms with Crippen LogP contribution in [-0.2, 0) is 0 Å². The van der Waals surface area contributed by atoms with Crippen LogP contribution < -0.4 is 0 Å². The Morgan fingerprint density at radius 2 is 2.05 bits per heavy atom. The Balaban J connectivity index is 2.07. The summed E-state index contributed by atoms with van der Waals surface area (Å²) in [4.78, 5) is 1.33. The lowest BCUT2D eigenvalue weighted by molar-refractivity contribution is 0.307. The Labute approximate surface area is 127 Å². The standard InChI is InChI=1S/C18H25NS/c1-4-5-15-7-8-16(12-19)18(11-15)20-17-9-6-13(2)14(3)10-17/h6,9-10,15-16,18H,4-5,7-8,11H2,1-3H3. The molecule has 20 heavy (non-hydrogen) atoms. The molecule has 0 heterocycles. The normalized spacial score (nSPS) is 26.2. The summed E-state index contributed by atoms with van der Waals surface area (Å²) in [6.45, 7) is 6.59. The zero-order valence-electron chi connectivity index (χ0n) is 12.9. The predicted octanol–water partition coefficient (Wildman–Crippen LogP) is 5.50. The van der Waals surface area contributed by atoms with Crippen LogP contribution in [-0.4, -0.2) is 5.25 Å². The third kappa shape index (κ3) is 3.79. The molecule has 0 spiro atoms. The molecule has 0 N–H and O–H groups in total. The smallest absolute Gasteiger partial charge is 0.0667 e. The van der Waals surface area contributed by atoms with Crippen LogP contribution >= 0.6 is 11.8 Å². The molecular weight excluding hydrogens is 262 g/mol. The van der Waals surface area contributed by atoms with E-state index in [-0.39, 0.29) is 5.92 Å². The fraction of sp³-hybridized carbons (Fsp3) is 0.611. The van der Waals surface area contributed by atoms with E-state index in [1.54, 1.807) is 0 Å². The molecule has 1 aromatic rings. The van der Waals surface area contributed by atoms with Gasteiger partial charge in [0.05, 0.1) is 12.0 Å². The van der Waals surface area contributed by atoms with E-state index in [4.69, 9.17) is 0 Å². The van der Waals surface area contributed by atoms with E-state index < -0.39 is 0 Å². The van der Waals surface area contributed by atoms with Gasteiger partial charge in [0.1, 0.15) is 0 Å². The molecule has 1 saturated carbocycles. The second-order valence-electron chi connectivity index (χ2n) is 6.11. The van der Waals surface area contributed by atoms with E-state index in [0.29, 0.717) is 5.25 Å². The van der Waals surface area contributed by atoms with Crippen LogP contribution in [0.3, 0.4) is 0 Å². The quantitative estimate of drug-likeness (QED) is 0.729. The Morgan fingerprint density at radius 3 is 2.70 bits per heavy atom. The third-order valence-corrected chi connectivity index (χ3v) is 5.88. The Morgan fingerprint density at radius 1 is 1.25 bits per heavy atom. The number of aryl methyl sites for hydroxylation is 2. The summed E-state index contributed by atoms with van der Waals surface area (Å²) in [7, 11) is 0. The lowest BCUT2D eigenvalue weighted by Crippen LogP contribution is -2.26. The van der Waals surface area contributed by atoms with Gasteiger partial charge in [0, 0.05) is 10.1 Å². The molecule has 1 aromatic carbocycles. The molecular formula is C18H25NS. The predicted molar refractivity (Wildman–Crippen MR) is 86.9 cm³/mol. The van der Waals surface area contributed by atoms with Crippen LogP contribution in [0.25, 0.3) is 0 Å². The number of hydrogen-bond acceptors (Lipinski definition) is 2. The van der Waals surface area contributed by atoms with E-state index in [1.807, 2.05) is 11.8 Å². The van der Waals surface area contributed by atoms with Gasteiger partial charge in [-0.1, -0.05) is 25.8 Å². The minimum atomic E-state index is 0.231. The molecule has 0 amide bonds. The van der Waals surface area contributed by atoms with Crippen molar-refractivity contribution in [1.82, 2.24) is 0 Å². The SMILES string of the molecule is CCCC1CCC(C#N)C(Sc2ccc(C)c(C)c2)C1. The molecule has 2 rings (SSSR count). The first kappa shape index (κ1) is 15.4. The summed E-state index contributed by atoms with van der Waals surface area (Å²) < 4.78 is 0. The highest BCUT2D eigenvalue weighted by atomic mass is 32.2. The lowest BCUT2D eigenvalue weighted by Gasteiger charge is -2.32. The Bertz CT molecular complexity index is 489. The molecule has 3 unspecified atom stereocenters. The van der Waals surface area contributed by atoms with Crippen molar-refractivity contribution in [1.29, 1.82) is 5.26 Å². The summed E-state index contributed by atoms with van der Waals surface area (Å²) in [5, 5.41) is 9.87. The maximum absolute atomic E-state index is 9.39. The monoisotopic (exact) mass is 287 g/mol. The molecule has 1 nitrogen and oxygen atoms in total. The number of nitrogens with zero attached hydrogens (tertiary/aromatic N) is 1.